The number of nitrogens with zero attached hydrogens (tertiary/aromatic N) is 1. The minimum absolute atomic E-state index is 0.0322. The summed E-state index contributed by atoms with van der Waals surface area (Å²) in [7, 11) is 0. The van der Waals surface area contributed by atoms with Crippen molar-refractivity contribution in [3.05, 3.63) is 0 Å². The van der Waals surface area contributed by atoms with Gasteiger partial charge >= 0.3 is 0 Å². The molecule has 1 heterocycles. The molecule has 1 saturated carbocycles. The fourth-order valence-electron chi connectivity index (χ4n) is 1.90. The van der Waals surface area contributed by atoms with Gasteiger partial charge in [0.05, 0.1) is 18.8 Å². The van der Waals surface area contributed by atoms with Gasteiger partial charge in [0, 0.05) is 12.5 Å². The number of hydrogen-bond donors (Lipinski definition) is 2. The van der Waals surface area contributed by atoms with Gasteiger partial charge in [-0.3, -0.25) is 4.79 Å². The maximum absolute atomic E-state index is 11.6. The molecule has 0 unspecified atom stereocenters. The lowest BCUT2D eigenvalue weighted by Crippen LogP contribution is -2.38. The molecule has 0 aromatic heterocycles. The van der Waals surface area contributed by atoms with E-state index < -0.39 is 6.10 Å². The molecule has 0 aromatic rings. The van der Waals surface area contributed by atoms with Crippen molar-refractivity contribution in [2.24, 2.45) is 5.92 Å². The minimum Gasteiger partial charge on any atom is -0.394 e. The monoisotopic (exact) mass is 185 g/mol. The summed E-state index contributed by atoms with van der Waals surface area (Å²) in [6, 6.07) is -0.150. The van der Waals surface area contributed by atoms with Crippen LogP contribution in [0, 0.1) is 5.92 Å². The Morgan fingerprint density at radius 2 is 2.15 bits per heavy atom. The Hall–Kier alpha value is -0.610. The first-order valence-electron chi connectivity index (χ1n) is 4.81. The van der Waals surface area contributed by atoms with Crippen molar-refractivity contribution >= 4 is 5.91 Å². The molecule has 13 heavy (non-hydrogen) atoms. The summed E-state index contributed by atoms with van der Waals surface area (Å²) in [5.41, 5.74) is 0. The van der Waals surface area contributed by atoms with Crippen LogP contribution in [0.2, 0.25) is 0 Å². The van der Waals surface area contributed by atoms with Gasteiger partial charge in [-0.2, -0.15) is 0 Å². The summed E-state index contributed by atoms with van der Waals surface area (Å²) in [4.78, 5) is 13.3. The summed E-state index contributed by atoms with van der Waals surface area (Å²) in [6.07, 6.45) is 2.03. The Morgan fingerprint density at radius 3 is 2.69 bits per heavy atom. The highest BCUT2D eigenvalue weighted by atomic mass is 16.3. The second-order valence-electron chi connectivity index (χ2n) is 3.99. The number of hydrogen-bond acceptors (Lipinski definition) is 3. The first-order valence-corrected chi connectivity index (χ1v) is 4.81. The molecule has 2 fully saturated rings. The number of β-amino-alcohol motifs (C(OH)–C–C–N with tert-alkyl or cyclic N) is 1. The highest BCUT2D eigenvalue weighted by Gasteiger charge is 2.40. The van der Waals surface area contributed by atoms with Crippen LogP contribution >= 0.6 is 0 Å². The Kier molecular flexibility index (Phi) is 2.26. The Balaban J connectivity index is 1.99. The predicted octanol–water partition coefficient (Wildman–Crippen LogP) is -0.650. The number of aliphatic hydroxyl groups is 2. The van der Waals surface area contributed by atoms with E-state index in [2.05, 4.69) is 0 Å². The largest absolute Gasteiger partial charge is 0.394 e. The van der Waals surface area contributed by atoms with E-state index in [1.807, 2.05) is 0 Å². The summed E-state index contributed by atoms with van der Waals surface area (Å²) in [5, 5.41) is 18.3. The predicted molar refractivity (Wildman–Crippen MR) is 45.9 cm³/mol. The number of carbonyl (C=O) groups is 1. The average Bonchev–Trinajstić information content (AvgIpc) is 2.88. The number of amides is 1. The van der Waals surface area contributed by atoms with E-state index in [1.165, 1.54) is 0 Å². The maximum Gasteiger partial charge on any atom is 0.226 e. The van der Waals surface area contributed by atoms with Crippen molar-refractivity contribution in [2.45, 2.75) is 31.4 Å². The topological polar surface area (TPSA) is 60.8 Å². The zero-order valence-electron chi connectivity index (χ0n) is 7.52. The van der Waals surface area contributed by atoms with Gasteiger partial charge in [-0.05, 0) is 19.3 Å². The highest BCUT2D eigenvalue weighted by Crippen LogP contribution is 2.33. The second-order valence-corrected chi connectivity index (χ2v) is 3.99. The molecule has 2 rings (SSSR count). The van der Waals surface area contributed by atoms with E-state index in [1.54, 1.807) is 4.90 Å². The summed E-state index contributed by atoms with van der Waals surface area (Å²) in [6.45, 7) is 0.371. The van der Waals surface area contributed by atoms with Crippen molar-refractivity contribution in [2.75, 3.05) is 13.2 Å². The van der Waals surface area contributed by atoms with Crippen LogP contribution in [-0.4, -0.2) is 46.3 Å². The van der Waals surface area contributed by atoms with Crippen LogP contribution in [-0.2, 0) is 4.79 Å². The summed E-state index contributed by atoms with van der Waals surface area (Å²) < 4.78 is 0. The molecule has 2 aliphatic rings. The van der Waals surface area contributed by atoms with Crippen LogP contribution in [0.25, 0.3) is 0 Å². The first kappa shape index (κ1) is 8.97. The highest BCUT2D eigenvalue weighted by molar-refractivity contribution is 5.81. The first-order chi connectivity index (χ1) is 6.22. The van der Waals surface area contributed by atoms with Gasteiger partial charge < -0.3 is 15.1 Å². The van der Waals surface area contributed by atoms with Gasteiger partial charge in [0.25, 0.3) is 0 Å². The number of rotatable bonds is 2. The Labute approximate surface area is 77.2 Å². The average molecular weight is 185 g/mol. The standard InChI is InChI=1S/C9H15NO3/c11-5-7-3-8(12)4-10(7)9(13)6-1-2-6/h6-8,11-12H,1-5H2/t7-,8-/m0/s1. The quantitative estimate of drug-likeness (QED) is 0.601. The van der Waals surface area contributed by atoms with Crippen LogP contribution < -0.4 is 0 Å². The third-order valence-electron chi connectivity index (χ3n) is 2.81. The fraction of sp³-hybridized carbons (Fsp3) is 0.889. The second kappa shape index (κ2) is 3.27. The van der Waals surface area contributed by atoms with Gasteiger partial charge in [0.1, 0.15) is 0 Å². The molecule has 0 aromatic carbocycles. The van der Waals surface area contributed by atoms with Crippen LogP contribution in [0.3, 0.4) is 0 Å². The van der Waals surface area contributed by atoms with Crippen LogP contribution in [0.4, 0.5) is 0 Å². The van der Waals surface area contributed by atoms with E-state index in [4.69, 9.17) is 5.11 Å². The lowest BCUT2D eigenvalue weighted by Gasteiger charge is -2.22. The normalized spacial score (nSPS) is 33.8. The van der Waals surface area contributed by atoms with Gasteiger partial charge in [-0.25, -0.2) is 0 Å². The molecule has 1 saturated heterocycles. The molecular weight excluding hydrogens is 170 g/mol. The molecule has 0 radical (unpaired) electrons. The lowest BCUT2D eigenvalue weighted by atomic mass is 10.2. The van der Waals surface area contributed by atoms with Gasteiger partial charge in [-0.1, -0.05) is 0 Å². The van der Waals surface area contributed by atoms with E-state index in [0.29, 0.717) is 13.0 Å². The SMILES string of the molecule is O=C(C1CC1)N1C[C@@H](O)C[C@H]1CO. The van der Waals surface area contributed by atoms with Crippen molar-refractivity contribution in [3.8, 4) is 0 Å². The third kappa shape index (κ3) is 1.69. The zero-order chi connectivity index (χ0) is 9.42. The molecule has 2 N–H and O–H groups in total. The van der Waals surface area contributed by atoms with Gasteiger partial charge in [0.2, 0.25) is 5.91 Å². The van der Waals surface area contributed by atoms with Crippen LogP contribution in [0.15, 0.2) is 0 Å². The molecule has 4 nitrogen and oxygen atoms in total. The molecule has 0 spiro atoms. The van der Waals surface area contributed by atoms with Gasteiger partial charge in [-0.15, -0.1) is 0 Å². The Bertz CT molecular complexity index is 215. The van der Waals surface area contributed by atoms with Crippen molar-refractivity contribution < 1.29 is 15.0 Å². The van der Waals surface area contributed by atoms with Crippen molar-refractivity contribution in [1.29, 1.82) is 0 Å². The van der Waals surface area contributed by atoms with E-state index >= 15 is 0 Å². The van der Waals surface area contributed by atoms with Crippen LogP contribution in [0.1, 0.15) is 19.3 Å². The van der Waals surface area contributed by atoms with Crippen LogP contribution in [0.5, 0.6) is 0 Å². The molecular formula is C9H15NO3. The molecule has 1 aliphatic carbocycles. The number of aliphatic hydroxyl groups excluding tert-OH is 2. The lowest BCUT2D eigenvalue weighted by molar-refractivity contribution is -0.134. The van der Waals surface area contributed by atoms with Crippen molar-refractivity contribution in [3.63, 3.8) is 0 Å². The van der Waals surface area contributed by atoms with Gasteiger partial charge in [0.15, 0.2) is 0 Å². The Morgan fingerprint density at radius 1 is 1.46 bits per heavy atom. The molecule has 4 heteroatoms. The third-order valence-corrected chi connectivity index (χ3v) is 2.81. The molecule has 74 valence electrons. The maximum atomic E-state index is 11.6. The fourth-order valence-corrected chi connectivity index (χ4v) is 1.90. The molecule has 0 bridgehead atoms. The molecule has 1 aliphatic heterocycles. The summed E-state index contributed by atoms with van der Waals surface area (Å²) in [5.74, 6) is 0.301. The number of carbonyl (C=O) groups excluding carboxylic acids is 1. The zero-order valence-corrected chi connectivity index (χ0v) is 7.52. The molecule has 2 atom stereocenters. The smallest absolute Gasteiger partial charge is 0.226 e. The molecule has 1 amide bonds. The van der Waals surface area contributed by atoms with E-state index in [9.17, 15) is 9.90 Å². The minimum atomic E-state index is -0.445. The number of likely N-dealkylation sites (tertiary alicyclic amines) is 1. The summed E-state index contributed by atoms with van der Waals surface area (Å²) >= 11 is 0. The van der Waals surface area contributed by atoms with Crippen molar-refractivity contribution in [1.82, 2.24) is 4.90 Å². The van der Waals surface area contributed by atoms with E-state index in [0.717, 1.165) is 12.8 Å². The van der Waals surface area contributed by atoms with E-state index in [-0.39, 0.29) is 24.5 Å².